The normalized spacial score (nSPS) is 14.5. The molecule has 0 saturated heterocycles. The van der Waals surface area contributed by atoms with Crippen LogP contribution < -0.4 is 15.1 Å². The van der Waals surface area contributed by atoms with Crippen LogP contribution in [-0.4, -0.2) is 31.9 Å². The van der Waals surface area contributed by atoms with Gasteiger partial charge in [0.2, 0.25) is 5.43 Å². The van der Waals surface area contributed by atoms with Gasteiger partial charge in [-0.25, -0.2) is 8.42 Å². The molecule has 4 rings (SSSR count). The molecule has 1 unspecified atom stereocenters. The van der Waals surface area contributed by atoms with Gasteiger partial charge in [-0.15, -0.1) is 0 Å². The minimum atomic E-state index is -3.84. The van der Waals surface area contributed by atoms with Crippen molar-refractivity contribution >= 4 is 32.5 Å². The van der Waals surface area contributed by atoms with Crippen LogP contribution in [0.2, 0.25) is 0 Å². The zero-order chi connectivity index (χ0) is 21.5. The monoisotopic (exact) mass is 425 g/mol. The molecule has 0 fully saturated rings. The second-order valence-electron chi connectivity index (χ2n) is 7.48. The van der Waals surface area contributed by atoms with Gasteiger partial charge < -0.3 is 10.3 Å². The third kappa shape index (κ3) is 3.37. The largest absolute Gasteiger partial charge is 0.360 e. The summed E-state index contributed by atoms with van der Waals surface area (Å²) < 4.78 is 28.0. The molecule has 0 bridgehead atoms. The predicted molar refractivity (Wildman–Crippen MR) is 116 cm³/mol. The van der Waals surface area contributed by atoms with Crippen molar-refractivity contribution in [2.75, 3.05) is 10.8 Å². The lowest BCUT2D eigenvalue weighted by atomic mass is 10.1. The summed E-state index contributed by atoms with van der Waals surface area (Å²) in [7, 11) is -3.84. The molecular formula is C22H23N3O4S. The van der Waals surface area contributed by atoms with Gasteiger partial charge in [-0.1, -0.05) is 25.1 Å². The lowest BCUT2D eigenvalue weighted by molar-refractivity contribution is 0.0938. The minimum Gasteiger partial charge on any atom is -0.360 e. The molecule has 30 heavy (non-hydrogen) atoms. The van der Waals surface area contributed by atoms with Gasteiger partial charge in [0.1, 0.15) is 5.56 Å². The number of hydrogen-bond acceptors (Lipinski definition) is 4. The van der Waals surface area contributed by atoms with Crippen molar-refractivity contribution in [3.8, 4) is 0 Å². The summed E-state index contributed by atoms with van der Waals surface area (Å²) in [5.74, 6) is -0.478. The van der Waals surface area contributed by atoms with Crippen molar-refractivity contribution in [3.63, 3.8) is 0 Å². The van der Waals surface area contributed by atoms with Crippen LogP contribution in [0.3, 0.4) is 0 Å². The molecule has 156 valence electrons. The van der Waals surface area contributed by atoms with Gasteiger partial charge in [0, 0.05) is 29.7 Å². The number of aromatic nitrogens is 1. The first-order valence-electron chi connectivity index (χ1n) is 9.90. The van der Waals surface area contributed by atoms with Crippen molar-refractivity contribution in [3.05, 3.63) is 70.0 Å². The molecule has 1 aliphatic rings. The molecule has 1 aromatic heterocycles. The third-order valence-electron chi connectivity index (χ3n) is 5.52. The Morgan fingerprint density at radius 1 is 1.23 bits per heavy atom. The van der Waals surface area contributed by atoms with Gasteiger partial charge >= 0.3 is 0 Å². The summed E-state index contributed by atoms with van der Waals surface area (Å²) in [5, 5.41) is 2.93. The minimum absolute atomic E-state index is 0.0247. The average molecular weight is 426 g/mol. The molecule has 2 N–H and O–H groups in total. The Labute approximate surface area is 174 Å². The van der Waals surface area contributed by atoms with Crippen LogP contribution in [0.25, 0.3) is 10.9 Å². The van der Waals surface area contributed by atoms with E-state index in [2.05, 4.69) is 10.3 Å². The number of benzene rings is 2. The fraction of sp³-hybridized carbons (Fsp3) is 0.273. The zero-order valence-corrected chi connectivity index (χ0v) is 17.6. The first-order chi connectivity index (χ1) is 14.3. The number of carbonyl (C=O) groups is 1. The first-order valence-corrected chi connectivity index (χ1v) is 11.3. The number of aromatic amines is 1. The summed E-state index contributed by atoms with van der Waals surface area (Å²) in [6.07, 6.45) is 2.74. The summed E-state index contributed by atoms with van der Waals surface area (Å²) in [4.78, 5) is 28.4. The predicted octanol–water partition coefficient (Wildman–Crippen LogP) is 2.81. The fourth-order valence-corrected chi connectivity index (χ4v) is 5.15. The lowest BCUT2D eigenvalue weighted by Crippen LogP contribution is -2.35. The lowest BCUT2D eigenvalue weighted by Gasteiger charge is -2.19. The number of amides is 1. The average Bonchev–Trinajstić information content (AvgIpc) is 3.18. The highest BCUT2D eigenvalue weighted by Gasteiger charge is 2.31. The number of fused-ring (bicyclic) bond motifs is 2. The van der Waals surface area contributed by atoms with Crippen LogP contribution in [0.15, 0.2) is 58.4 Å². The number of nitrogens with one attached hydrogen (secondary N) is 2. The first kappa shape index (κ1) is 20.2. The smallest absolute Gasteiger partial charge is 0.264 e. The summed E-state index contributed by atoms with van der Waals surface area (Å²) in [6, 6.07) is 11.7. The molecule has 0 radical (unpaired) electrons. The van der Waals surface area contributed by atoms with E-state index in [-0.39, 0.29) is 21.9 Å². The van der Waals surface area contributed by atoms with E-state index in [1.54, 1.807) is 18.2 Å². The number of nitrogens with zero attached hydrogens (tertiary/aromatic N) is 1. The standard InChI is InChI=1S/C22H23N3O4S/c1-3-14(2)24-22(27)18-13-23-19-9-8-16(12-17(19)21(18)26)30(28,29)25-11-10-15-6-4-5-7-20(15)25/h4-9,12-14H,3,10-11H2,1-2H3,(H,23,26)(H,24,27). The molecule has 0 spiro atoms. The molecule has 8 heteroatoms. The Bertz CT molecular complexity index is 1300. The van der Waals surface area contributed by atoms with Gasteiger partial charge in [-0.05, 0) is 49.6 Å². The summed E-state index contributed by atoms with van der Waals surface area (Å²) in [6.45, 7) is 4.14. The van der Waals surface area contributed by atoms with Crippen molar-refractivity contribution < 1.29 is 13.2 Å². The Morgan fingerprint density at radius 2 is 2.00 bits per heavy atom. The van der Waals surface area contributed by atoms with Crippen LogP contribution in [0.4, 0.5) is 5.69 Å². The number of pyridine rings is 1. The van der Waals surface area contributed by atoms with E-state index in [1.165, 1.54) is 22.6 Å². The van der Waals surface area contributed by atoms with Gasteiger partial charge in [0.15, 0.2) is 0 Å². The fourth-order valence-electron chi connectivity index (χ4n) is 3.62. The molecule has 1 amide bonds. The van der Waals surface area contributed by atoms with Crippen molar-refractivity contribution in [1.29, 1.82) is 0 Å². The highest BCUT2D eigenvalue weighted by atomic mass is 32.2. The number of para-hydroxylation sites is 1. The quantitative estimate of drug-likeness (QED) is 0.657. The van der Waals surface area contributed by atoms with Gasteiger partial charge in [0.05, 0.1) is 10.6 Å². The van der Waals surface area contributed by atoms with Crippen molar-refractivity contribution in [1.82, 2.24) is 10.3 Å². The van der Waals surface area contributed by atoms with Crippen LogP contribution in [0.5, 0.6) is 0 Å². The highest BCUT2D eigenvalue weighted by Crippen LogP contribution is 2.33. The molecule has 2 aromatic carbocycles. The van der Waals surface area contributed by atoms with Gasteiger partial charge in [-0.2, -0.15) is 0 Å². The second kappa shape index (κ2) is 7.60. The number of hydrogen-bond donors (Lipinski definition) is 2. The molecule has 1 aliphatic heterocycles. The van der Waals surface area contributed by atoms with Crippen molar-refractivity contribution in [2.45, 2.75) is 37.6 Å². The van der Waals surface area contributed by atoms with E-state index in [4.69, 9.17) is 0 Å². The molecule has 3 aromatic rings. The SMILES string of the molecule is CCC(C)NC(=O)c1c[nH]c2ccc(S(=O)(=O)N3CCc4ccccc43)cc2c1=O. The second-order valence-corrected chi connectivity index (χ2v) is 9.34. The zero-order valence-electron chi connectivity index (χ0n) is 16.8. The van der Waals surface area contributed by atoms with E-state index in [0.717, 1.165) is 12.0 Å². The van der Waals surface area contributed by atoms with Crippen LogP contribution in [0.1, 0.15) is 36.2 Å². The molecule has 1 atom stereocenters. The topological polar surface area (TPSA) is 99.3 Å². The van der Waals surface area contributed by atoms with E-state index >= 15 is 0 Å². The molecular weight excluding hydrogens is 402 g/mol. The third-order valence-corrected chi connectivity index (χ3v) is 7.33. The van der Waals surface area contributed by atoms with E-state index < -0.39 is 21.4 Å². The molecule has 0 aliphatic carbocycles. The Balaban J connectivity index is 1.77. The molecule has 2 heterocycles. The molecule has 7 nitrogen and oxygen atoms in total. The van der Waals surface area contributed by atoms with E-state index in [0.29, 0.717) is 24.2 Å². The van der Waals surface area contributed by atoms with Crippen LogP contribution >= 0.6 is 0 Å². The number of rotatable bonds is 5. The number of sulfonamides is 1. The Hall–Kier alpha value is -3.13. The van der Waals surface area contributed by atoms with Gasteiger partial charge in [0.25, 0.3) is 15.9 Å². The highest BCUT2D eigenvalue weighted by molar-refractivity contribution is 7.92. The number of H-pyrrole nitrogens is 1. The Morgan fingerprint density at radius 3 is 2.77 bits per heavy atom. The molecule has 0 saturated carbocycles. The summed E-state index contributed by atoms with van der Waals surface area (Å²) >= 11 is 0. The van der Waals surface area contributed by atoms with E-state index in [9.17, 15) is 18.0 Å². The van der Waals surface area contributed by atoms with Crippen molar-refractivity contribution in [2.24, 2.45) is 0 Å². The van der Waals surface area contributed by atoms with Crippen LogP contribution in [0, 0.1) is 0 Å². The van der Waals surface area contributed by atoms with Crippen LogP contribution in [-0.2, 0) is 16.4 Å². The maximum atomic E-state index is 13.3. The maximum Gasteiger partial charge on any atom is 0.264 e. The Kier molecular flexibility index (Phi) is 5.11. The van der Waals surface area contributed by atoms with Gasteiger partial charge in [-0.3, -0.25) is 13.9 Å². The van der Waals surface area contributed by atoms with E-state index in [1.807, 2.05) is 26.0 Å². The number of carbonyl (C=O) groups excluding carboxylic acids is 1. The maximum absolute atomic E-state index is 13.3. The summed E-state index contributed by atoms with van der Waals surface area (Å²) in [5.41, 5.74) is 1.57. The number of anilines is 1.